The average molecular weight is 441 g/mol. The highest BCUT2D eigenvalue weighted by atomic mass is 16.5. The molecule has 8 heteroatoms. The van der Waals surface area contributed by atoms with Crippen LogP contribution in [-0.4, -0.2) is 42.7 Å². The van der Waals surface area contributed by atoms with Gasteiger partial charge in [-0.2, -0.15) is 5.26 Å². The molecule has 0 atom stereocenters. The summed E-state index contributed by atoms with van der Waals surface area (Å²) in [7, 11) is 2.94. The second kappa shape index (κ2) is 11.5. The molecule has 32 heavy (non-hydrogen) atoms. The number of carboxylic acid groups (broad SMARTS) is 2. The molecule has 0 radical (unpaired) electrons. The topological polar surface area (TPSA) is 134 Å². The van der Waals surface area contributed by atoms with Gasteiger partial charge in [-0.05, 0) is 47.2 Å². The van der Waals surface area contributed by atoms with E-state index in [1.165, 1.54) is 26.4 Å². The molecule has 0 aromatic heterocycles. The van der Waals surface area contributed by atoms with Gasteiger partial charge in [-0.25, -0.2) is 9.59 Å². The van der Waals surface area contributed by atoms with E-state index in [4.69, 9.17) is 24.9 Å². The lowest BCUT2D eigenvalue weighted by Gasteiger charge is -2.14. The monoisotopic (exact) mass is 441 g/mol. The maximum absolute atomic E-state index is 10.9. The number of carboxylic acids is 2. The van der Waals surface area contributed by atoms with Crippen LogP contribution in [0.1, 0.15) is 87.3 Å². The molecule has 0 heterocycles. The molecule has 2 aromatic carbocycles. The van der Waals surface area contributed by atoms with Crippen LogP contribution in [0.25, 0.3) is 0 Å². The molecular formula is C24H27NO7. The van der Waals surface area contributed by atoms with Gasteiger partial charge in [-0.3, -0.25) is 4.79 Å². The predicted molar refractivity (Wildman–Crippen MR) is 118 cm³/mol. The number of nitriles is 1. The zero-order valence-corrected chi connectivity index (χ0v) is 18.9. The lowest BCUT2D eigenvalue weighted by molar-refractivity contribution is 0.0685. The van der Waals surface area contributed by atoms with Crippen molar-refractivity contribution in [1.29, 1.82) is 5.26 Å². The van der Waals surface area contributed by atoms with E-state index < -0.39 is 11.9 Å². The normalized spacial score (nSPS) is 10.1. The van der Waals surface area contributed by atoms with Crippen LogP contribution < -0.4 is 9.47 Å². The number of hydrogen-bond donors (Lipinski definition) is 2. The molecule has 0 bridgehead atoms. The number of carbonyl (C=O) groups is 3. The van der Waals surface area contributed by atoms with Gasteiger partial charge >= 0.3 is 11.9 Å². The number of carbonyl (C=O) groups excluding carboxylic acids is 1. The Labute approximate surface area is 187 Å². The Balaban J connectivity index is 0.000000320. The second-order valence-corrected chi connectivity index (χ2v) is 7.48. The van der Waals surface area contributed by atoms with Crippen molar-refractivity contribution in [2.75, 3.05) is 14.2 Å². The number of nitrogens with zero attached hydrogens (tertiary/aromatic N) is 1. The Kier molecular flexibility index (Phi) is 9.41. The van der Waals surface area contributed by atoms with E-state index in [0.29, 0.717) is 17.8 Å². The lowest BCUT2D eigenvalue weighted by atomic mass is 9.96. The third-order valence-electron chi connectivity index (χ3n) is 4.66. The summed E-state index contributed by atoms with van der Waals surface area (Å²) in [6.45, 7) is 7.67. The molecule has 0 fully saturated rings. The molecule has 0 saturated carbocycles. The van der Waals surface area contributed by atoms with Gasteiger partial charge in [0.1, 0.15) is 17.6 Å². The summed E-state index contributed by atoms with van der Waals surface area (Å²) >= 11 is 0. The first-order valence-corrected chi connectivity index (χ1v) is 9.77. The van der Waals surface area contributed by atoms with Crippen LogP contribution in [0.5, 0.6) is 11.5 Å². The van der Waals surface area contributed by atoms with Gasteiger partial charge < -0.3 is 19.7 Å². The molecule has 8 nitrogen and oxygen atoms in total. The zero-order chi connectivity index (χ0) is 24.6. The summed E-state index contributed by atoms with van der Waals surface area (Å²) in [6.07, 6.45) is 0.608. The summed E-state index contributed by atoms with van der Waals surface area (Å²) in [5.41, 5.74) is 2.20. The second-order valence-electron chi connectivity index (χ2n) is 7.48. The first-order chi connectivity index (χ1) is 15.0. The molecule has 0 spiro atoms. The summed E-state index contributed by atoms with van der Waals surface area (Å²) in [6, 6.07) is 7.68. The molecule has 0 unspecified atom stereocenters. The highest BCUT2D eigenvalue weighted by Crippen LogP contribution is 2.32. The van der Waals surface area contributed by atoms with Gasteiger partial charge in [-0.15, -0.1) is 0 Å². The number of rotatable bonds is 7. The molecule has 2 N–H and O–H groups in total. The van der Waals surface area contributed by atoms with Crippen molar-refractivity contribution < 1.29 is 34.1 Å². The molecule has 170 valence electrons. The van der Waals surface area contributed by atoms with Crippen molar-refractivity contribution in [3.8, 4) is 17.6 Å². The summed E-state index contributed by atoms with van der Waals surface area (Å²) < 4.78 is 10.3. The molecule has 2 aromatic rings. The number of ether oxygens (including phenoxy) is 2. The molecule has 0 aliphatic rings. The Bertz CT molecular complexity index is 1050. The Morgan fingerprint density at radius 2 is 1.31 bits per heavy atom. The first kappa shape index (κ1) is 26.2. The van der Waals surface area contributed by atoms with Crippen LogP contribution in [0.3, 0.4) is 0 Å². The van der Waals surface area contributed by atoms with Gasteiger partial charge in [0.2, 0.25) is 0 Å². The Hall–Kier alpha value is -3.86. The molecular weight excluding hydrogens is 414 g/mol. The third kappa shape index (κ3) is 6.08. The van der Waals surface area contributed by atoms with Crippen molar-refractivity contribution in [2.45, 2.75) is 39.5 Å². The summed E-state index contributed by atoms with van der Waals surface area (Å²) in [5.74, 6) is -0.986. The van der Waals surface area contributed by atoms with Crippen LogP contribution in [0, 0.1) is 11.3 Å². The maximum atomic E-state index is 10.9. The highest BCUT2D eigenvalue weighted by molar-refractivity contribution is 5.92. The maximum Gasteiger partial charge on any atom is 0.335 e. The van der Waals surface area contributed by atoms with Crippen molar-refractivity contribution in [3.63, 3.8) is 0 Å². The van der Waals surface area contributed by atoms with E-state index in [2.05, 4.69) is 0 Å². The molecule has 0 aliphatic heterocycles. The third-order valence-corrected chi connectivity index (χ3v) is 4.66. The fraction of sp³-hybridized carbons (Fsp3) is 0.333. The lowest BCUT2D eigenvalue weighted by Crippen LogP contribution is -2.04. The van der Waals surface area contributed by atoms with Gasteiger partial charge in [0.25, 0.3) is 0 Å². The van der Waals surface area contributed by atoms with E-state index in [0.717, 1.165) is 11.1 Å². The number of benzene rings is 2. The fourth-order valence-corrected chi connectivity index (χ4v) is 3.06. The van der Waals surface area contributed by atoms with Crippen molar-refractivity contribution in [2.24, 2.45) is 0 Å². The summed E-state index contributed by atoms with van der Waals surface area (Å²) in [5, 5.41) is 26.8. The van der Waals surface area contributed by atoms with Gasteiger partial charge in [0.15, 0.2) is 6.29 Å². The van der Waals surface area contributed by atoms with Gasteiger partial charge in [0.05, 0.1) is 36.5 Å². The van der Waals surface area contributed by atoms with E-state index in [-0.39, 0.29) is 34.1 Å². The van der Waals surface area contributed by atoms with E-state index in [1.54, 1.807) is 12.1 Å². The Morgan fingerprint density at radius 1 is 0.875 bits per heavy atom. The van der Waals surface area contributed by atoms with Crippen LogP contribution in [0.4, 0.5) is 0 Å². The summed E-state index contributed by atoms with van der Waals surface area (Å²) in [4.78, 5) is 32.6. The minimum atomic E-state index is -1.05. The average Bonchev–Trinajstić information content (AvgIpc) is 2.76. The van der Waals surface area contributed by atoms with Crippen LogP contribution in [0.15, 0.2) is 24.3 Å². The largest absolute Gasteiger partial charge is 0.496 e. The smallest absolute Gasteiger partial charge is 0.335 e. The molecule has 0 amide bonds. The quantitative estimate of drug-likeness (QED) is 0.590. The van der Waals surface area contributed by atoms with Crippen LogP contribution in [0.2, 0.25) is 0 Å². The van der Waals surface area contributed by atoms with Crippen LogP contribution >= 0.6 is 0 Å². The molecule has 2 rings (SSSR count). The van der Waals surface area contributed by atoms with Crippen LogP contribution in [-0.2, 0) is 0 Å². The minimum absolute atomic E-state index is 0.0907. The fourth-order valence-electron chi connectivity index (χ4n) is 3.06. The van der Waals surface area contributed by atoms with Crippen molar-refractivity contribution in [3.05, 3.63) is 57.6 Å². The van der Waals surface area contributed by atoms with E-state index in [9.17, 15) is 14.4 Å². The van der Waals surface area contributed by atoms with Gasteiger partial charge in [-0.1, -0.05) is 27.7 Å². The van der Waals surface area contributed by atoms with Crippen molar-refractivity contribution in [1.82, 2.24) is 0 Å². The van der Waals surface area contributed by atoms with Gasteiger partial charge in [0, 0.05) is 0 Å². The zero-order valence-electron chi connectivity index (χ0n) is 18.9. The standard InChI is InChI=1S/C12H13NO3.C12H14O4/c2*1-7(2)10-5-8(12(14)15)4-9(6-13)11(10)16-3/h4-5,7H,1-3H3,(H,14,15);4-7H,1-3H3,(H,14,15). The SMILES string of the molecule is COc1c(C#N)cc(C(=O)O)cc1C(C)C.COc1c(C=O)cc(C(=O)O)cc1C(C)C. The molecule has 0 saturated heterocycles. The first-order valence-electron chi connectivity index (χ1n) is 9.77. The number of aldehydes is 1. The number of hydrogen-bond acceptors (Lipinski definition) is 6. The van der Waals surface area contributed by atoms with E-state index >= 15 is 0 Å². The molecule has 0 aliphatic carbocycles. The van der Waals surface area contributed by atoms with Crippen molar-refractivity contribution >= 4 is 18.2 Å². The highest BCUT2D eigenvalue weighted by Gasteiger charge is 2.17. The van der Waals surface area contributed by atoms with E-state index in [1.807, 2.05) is 33.8 Å². The number of methoxy groups -OCH3 is 2. The Morgan fingerprint density at radius 3 is 1.66 bits per heavy atom. The minimum Gasteiger partial charge on any atom is -0.496 e. The predicted octanol–water partition coefficient (Wildman–Crippen LogP) is 4.72. The number of aromatic carboxylic acids is 2.